The van der Waals surface area contributed by atoms with Crippen LogP contribution in [0.3, 0.4) is 0 Å². The van der Waals surface area contributed by atoms with Gasteiger partial charge in [0.2, 0.25) is 0 Å². The van der Waals surface area contributed by atoms with Gasteiger partial charge in [0.25, 0.3) is 11.8 Å². The fourth-order valence-corrected chi connectivity index (χ4v) is 5.28. The van der Waals surface area contributed by atoms with E-state index >= 15 is 0 Å². The Balaban J connectivity index is 0.000000188. The molecule has 0 unspecified atom stereocenters. The van der Waals surface area contributed by atoms with Crippen LogP contribution in [0.4, 0.5) is 11.4 Å². The lowest BCUT2D eigenvalue weighted by Crippen LogP contribution is -2.12. The maximum absolute atomic E-state index is 12.3. The predicted molar refractivity (Wildman–Crippen MR) is 197 cm³/mol. The first-order chi connectivity index (χ1) is 23.4. The van der Waals surface area contributed by atoms with E-state index in [2.05, 4.69) is 32.7 Å². The van der Waals surface area contributed by atoms with E-state index in [1.54, 1.807) is 43.8 Å². The van der Waals surface area contributed by atoms with Crippen LogP contribution in [-0.2, 0) is 12.8 Å². The lowest BCUT2D eigenvalue weighted by molar-refractivity contribution is 0.101. The van der Waals surface area contributed by atoms with Gasteiger partial charge in [-0.2, -0.15) is 0 Å². The van der Waals surface area contributed by atoms with E-state index in [-0.39, 0.29) is 11.8 Å². The second-order valence-corrected chi connectivity index (χ2v) is 11.6. The van der Waals surface area contributed by atoms with Crippen LogP contribution in [0, 0.1) is 9.28 Å². The topological polar surface area (TPSA) is 99.0 Å². The molecule has 6 rings (SSSR count). The molecule has 0 saturated carbocycles. The molecule has 2 amide bonds. The second-order valence-electron chi connectivity index (χ2n) is 10.8. The van der Waals surface area contributed by atoms with E-state index in [1.807, 2.05) is 91.0 Å². The lowest BCUT2D eigenvalue weighted by atomic mass is 10.0. The third-order valence-electron chi connectivity index (χ3n) is 7.37. The molecule has 0 fully saturated rings. The van der Waals surface area contributed by atoms with Crippen LogP contribution in [0.5, 0.6) is 5.75 Å². The summed E-state index contributed by atoms with van der Waals surface area (Å²) >= 11 is 10.3. The Kier molecular flexibility index (Phi) is 11.8. The van der Waals surface area contributed by atoms with Crippen molar-refractivity contribution in [1.82, 2.24) is 9.97 Å². The first kappa shape index (κ1) is 33.7. The molecule has 4 aromatic carbocycles. The fraction of sp³-hybridized carbons (Fsp3) is 0.0769. The number of carbonyl (C=O) groups excluding carboxylic acids is 2. The molecule has 0 spiro atoms. The molecule has 2 aromatic heterocycles. The molecule has 0 saturated heterocycles. The number of aromatic nitrogens is 2. The zero-order valence-corrected chi connectivity index (χ0v) is 27.9. The van der Waals surface area contributed by atoms with Crippen LogP contribution in [0.15, 0.2) is 140 Å². The largest absolute Gasteiger partial charge is 0.497 e. The van der Waals surface area contributed by atoms with Crippen LogP contribution in [0.1, 0.15) is 43.0 Å². The van der Waals surface area contributed by atoms with E-state index in [4.69, 9.17) is 29.2 Å². The Morgan fingerprint density at radius 1 is 0.542 bits per heavy atom. The van der Waals surface area contributed by atoms with Crippen molar-refractivity contribution in [3.8, 4) is 5.75 Å². The minimum atomic E-state index is -0.218. The summed E-state index contributed by atoms with van der Waals surface area (Å²) in [6.07, 6.45) is 5.10. The zero-order valence-electron chi connectivity index (χ0n) is 26.2. The number of ether oxygens (including phenoxy) is 1. The highest BCUT2D eigenvalue weighted by molar-refractivity contribution is 7.71. The molecule has 2 heterocycles. The summed E-state index contributed by atoms with van der Waals surface area (Å²) in [5.41, 5.74) is 7.25. The number of methoxy groups -OCH3 is 1. The van der Waals surface area contributed by atoms with Crippen LogP contribution in [0.2, 0.25) is 0 Å². The maximum atomic E-state index is 12.3. The Morgan fingerprint density at radius 2 is 0.938 bits per heavy atom. The van der Waals surface area contributed by atoms with Crippen LogP contribution in [-0.4, -0.2) is 28.9 Å². The number of pyridine rings is 2. The van der Waals surface area contributed by atoms with E-state index in [0.717, 1.165) is 30.0 Å². The Labute approximate surface area is 289 Å². The molecule has 6 aromatic rings. The van der Waals surface area contributed by atoms with Gasteiger partial charge in [0.15, 0.2) is 0 Å². The van der Waals surface area contributed by atoms with Gasteiger partial charge in [-0.05, 0) is 95.8 Å². The van der Waals surface area contributed by atoms with Crippen molar-refractivity contribution in [2.45, 2.75) is 12.8 Å². The summed E-state index contributed by atoms with van der Waals surface area (Å²) in [5.74, 6) is 0.425. The highest BCUT2D eigenvalue weighted by Crippen LogP contribution is 2.18. The number of H-pyrrole nitrogens is 2. The van der Waals surface area contributed by atoms with Crippen molar-refractivity contribution in [1.29, 1.82) is 0 Å². The van der Waals surface area contributed by atoms with Gasteiger partial charge in [0, 0.05) is 23.8 Å². The van der Waals surface area contributed by atoms with Gasteiger partial charge < -0.3 is 25.3 Å². The van der Waals surface area contributed by atoms with E-state index in [9.17, 15) is 9.59 Å². The number of aromatic amines is 2. The summed E-state index contributed by atoms with van der Waals surface area (Å²) in [4.78, 5) is 30.2. The average molecular weight is 671 g/mol. The van der Waals surface area contributed by atoms with E-state index in [0.29, 0.717) is 20.4 Å². The predicted octanol–water partition coefficient (Wildman–Crippen LogP) is 9.18. The van der Waals surface area contributed by atoms with Gasteiger partial charge >= 0.3 is 0 Å². The van der Waals surface area contributed by atoms with Crippen molar-refractivity contribution >= 4 is 47.6 Å². The van der Waals surface area contributed by atoms with Gasteiger partial charge in [-0.15, -0.1) is 0 Å². The highest BCUT2D eigenvalue weighted by atomic mass is 32.1. The molecule has 48 heavy (non-hydrogen) atoms. The summed E-state index contributed by atoms with van der Waals surface area (Å²) in [6, 6.07) is 40.9. The fourth-order valence-electron chi connectivity index (χ4n) is 4.82. The Hall–Kier alpha value is -5.64. The van der Waals surface area contributed by atoms with Crippen LogP contribution < -0.4 is 15.4 Å². The number of hydrogen-bond donors (Lipinski definition) is 4. The number of anilines is 2. The highest BCUT2D eigenvalue weighted by Gasteiger charge is 2.09. The van der Waals surface area contributed by atoms with E-state index < -0.39 is 0 Å². The van der Waals surface area contributed by atoms with Gasteiger partial charge in [-0.1, -0.05) is 91.2 Å². The monoisotopic (exact) mass is 670 g/mol. The minimum absolute atomic E-state index is 0.206. The number of amides is 2. The SMILES string of the molecule is COc1ccc(Cc2ccc(NC(=O)c3ccc[nH]c3=S)cc2)cc1.O=C(Nc1ccc(Cc2ccccc2)cc1)c1ccc[nH]c1=S. The molecule has 0 radical (unpaired) electrons. The molecule has 0 aliphatic carbocycles. The number of carbonyl (C=O) groups is 2. The number of benzene rings is 4. The third kappa shape index (κ3) is 9.68. The second kappa shape index (κ2) is 16.8. The standard InChI is InChI=1S/C20H18N2O2S.C19H16N2OS/c1-24-17-10-6-15(7-11-17)13-14-4-8-16(9-5-14)22-19(23)18-3-2-12-21-20(18)25;22-18(17-7-4-12-20-19(17)23)21-16-10-8-15(9-11-16)13-14-5-2-1-3-6-14/h2-12H,13H2,1H3,(H,21,25)(H,22,23);1-12H,13H2,(H,20,23)(H,21,22). The Morgan fingerprint density at radius 3 is 1.33 bits per heavy atom. The normalized spacial score (nSPS) is 10.3. The summed E-state index contributed by atoms with van der Waals surface area (Å²) in [5, 5.41) is 5.73. The van der Waals surface area contributed by atoms with Gasteiger partial charge in [-0.3, -0.25) is 9.59 Å². The summed E-state index contributed by atoms with van der Waals surface area (Å²) < 4.78 is 6.03. The molecule has 240 valence electrons. The average Bonchev–Trinajstić information content (AvgIpc) is 3.11. The van der Waals surface area contributed by atoms with Crippen LogP contribution in [0.25, 0.3) is 0 Å². The quantitative estimate of drug-likeness (QED) is 0.115. The van der Waals surface area contributed by atoms with Crippen molar-refractivity contribution in [2.75, 3.05) is 17.7 Å². The number of hydrogen-bond acceptors (Lipinski definition) is 5. The van der Waals surface area contributed by atoms with Gasteiger partial charge in [0.1, 0.15) is 15.0 Å². The molecule has 0 aliphatic rings. The summed E-state index contributed by atoms with van der Waals surface area (Å²) in [6.45, 7) is 0. The van der Waals surface area contributed by atoms with Gasteiger partial charge in [-0.25, -0.2) is 0 Å². The molecule has 4 N–H and O–H groups in total. The van der Waals surface area contributed by atoms with Crippen LogP contribution >= 0.6 is 24.4 Å². The smallest absolute Gasteiger partial charge is 0.258 e. The molecule has 9 heteroatoms. The van der Waals surface area contributed by atoms with Crippen molar-refractivity contribution in [3.05, 3.63) is 182 Å². The number of rotatable bonds is 9. The molecular weight excluding hydrogens is 637 g/mol. The minimum Gasteiger partial charge on any atom is -0.497 e. The first-order valence-corrected chi connectivity index (χ1v) is 16.0. The summed E-state index contributed by atoms with van der Waals surface area (Å²) in [7, 11) is 1.66. The lowest BCUT2D eigenvalue weighted by Gasteiger charge is -2.07. The van der Waals surface area contributed by atoms with Crippen molar-refractivity contribution in [2.24, 2.45) is 0 Å². The molecule has 0 aliphatic heterocycles. The zero-order chi connectivity index (χ0) is 33.7. The Bertz CT molecular complexity index is 2070. The number of nitrogens with one attached hydrogen (secondary N) is 4. The third-order valence-corrected chi connectivity index (χ3v) is 8.04. The van der Waals surface area contributed by atoms with Gasteiger partial charge in [0.05, 0.1) is 18.2 Å². The molecular formula is C39H34N4O3S2. The van der Waals surface area contributed by atoms with Crippen molar-refractivity contribution in [3.63, 3.8) is 0 Å². The molecule has 0 bridgehead atoms. The van der Waals surface area contributed by atoms with Crippen molar-refractivity contribution < 1.29 is 14.3 Å². The first-order valence-electron chi connectivity index (χ1n) is 15.2. The molecule has 0 atom stereocenters. The maximum Gasteiger partial charge on any atom is 0.258 e. The van der Waals surface area contributed by atoms with E-state index in [1.165, 1.54) is 22.3 Å². The molecule has 7 nitrogen and oxygen atoms in total.